The number of hydrogen-bond donors (Lipinski definition) is 1. The van der Waals surface area contributed by atoms with Crippen LogP contribution < -0.4 is 5.32 Å². The highest BCUT2D eigenvalue weighted by molar-refractivity contribution is 5.89. The lowest BCUT2D eigenvalue weighted by molar-refractivity contribution is 0.206. The Labute approximate surface area is 115 Å². The number of benzene rings is 1. The first-order valence-corrected chi connectivity index (χ1v) is 6.31. The van der Waals surface area contributed by atoms with Crippen LogP contribution in [0.2, 0.25) is 0 Å². The summed E-state index contributed by atoms with van der Waals surface area (Å²) in [6, 6.07) is 5.50. The number of carbonyl (C=O) groups is 1. The maximum Gasteiger partial charge on any atom is 0.322 e. The normalized spacial score (nSPS) is 13.8. The molecule has 1 aromatic heterocycles. The number of aromatic nitrogens is 2. The van der Waals surface area contributed by atoms with Crippen molar-refractivity contribution < 1.29 is 9.18 Å². The zero-order valence-corrected chi connectivity index (χ0v) is 10.7. The molecule has 2 heterocycles. The Hall–Kier alpha value is -2.50. The van der Waals surface area contributed by atoms with Gasteiger partial charge in [0.15, 0.2) is 0 Å². The van der Waals surface area contributed by atoms with Crippen LogP contribution >= 0.6 is 0 Å². The van der Waals surface area contributed by atoms with Gasteiger partial charge in [0.25, 0.3) is 0 Å². The fraction of sp³-hybridized carbons (Fsp3) is 0.214. The van der Waals surface area contributed by atoms with E-state index in [1.54, 1.807) is 11.1 Å². The fourth-order valence-electron chi connectivity index (χ4n) is 2.18. The van der Waals surface area contributed by atoms with E-state index in [1.165, 1.54) is 30.6 Å². The van der Waals surface area contributed by atoms with Crippen LogP contribution in [0.5, 0.6) is 0 Å². The summed E-state index contributed by atoms with van der Waals surface area (Å²) >= 11 is 0. The van der Waals surface area contributed by atoms with E-state index >= 15 is 0 Å². The minimum atomic E-state index is -0.327. The first kappa shape index (κ1) is 12.5. The van der Waals surface area contributed by atoms with E-state index in [0.29, 0.717) is 25.2 Å². The topological polar surface area (TPSA) is 58.1 Å². The van der Waals surface area contributed by atoms with Gasteiger partial charge in [-0.3, -0.25) is 0 Å². The Kier molecular flexibility index (Phi) is 3.28. The van der Waals surface area contributed by atoms with Gasteiger partial charge in [-0.2, -0.15) is 0 Å². The summed E-state index contributed by atoms with van der Waals surface area (Å²) in [6.45, 7) is 1.10. The van der Waals surface area contributed by atoms with Crippen LogP contribution in [0.25, 0.3) is 0 Å². The number of rotatable bonds is 1. The zero-order chi connectivity index (χ0) is 13.9. The van der Waals surface area contributed by atoms with Gasteiger partial charge < -0.3 is 10.2 Å². The number of hydrogen-bond acceptors (Lipinski definition) is 3. The van der Waals surface area contributed by atoms with Gasteiger partial charge >= 0.3 is 6.03 Å². The molecule has 0 aliphatic carbocycles. The molecule has 1 N–H and O–H groups in total. The third-order valence-corrected chi connectivity index (χ3v) is 3.24. The molecule has 1 aliphatic heterocycles. The van der Waals surface area contributed by atoms with Crippen LogP contribution in [0.4, 0.5) is 14.9 Å². The van der Waals surface area contributed by atoms with Crippen LogP contribution in [0.15, 0.2) is 36.8 Å². The molecule has 0 saturated heterocycles. The first-order valence-electron chi connectivity index (χ1n) is 6.31. The van der Waals surface area contributed by atoms with Crippen molar-refractivity contribution in [3.8, 4) is 0 Å². The van der Waals surface area contributed by atoms with Crippen molar-refractivity contribution in [3.05, 3.63) is 53.9 Å². The molecular weight excluding hydrogens is 259 g/mol. The van der Waals surface area contributed by atoms with Gasteiger partial charge in [-0.1, -0.05) is 0 Å². The van der Waals surface area contributed by atoms with Crippen molar-refractivity contribution in [2.45, 2.75) is 13.0 Å². The van der Waals surface area contributed by atoms with Crippen LogP contribution in [0.3, 0.4) is 0 Å². The third kappa shape index (κ3) is 2.59. The maximum absolute atomic E-state index is 12.8. The minimum Gasteiger partial charge on any atom is -0.320 e. The molecule has 0 unspecified atom stereocenters. The molecule has 3 rings (SSSR count). The van der Waals surface area contributed by atoms with Crippen molar-refractivity contribution in [2.75, 3.05) is 11.9 Å². The average Bonchev–Trinajstić information content (AvgIpc) is 2.49. The molecule has 0 atom stereocenters. The van der Waals surface area contributed by atoms with Gasteiger partial charge in [0, 0.05) is 30.4 Å². The third-order valence-electron chi connectivity index (χ3n) is 3.24. The van der Waals surface area contributed by atoms with Gasteiger partial charge in [0.1, 0.15) is 12.1 Å². The Morgan fingerprint density at radius 1 is 1.30 bits per heavy atom. The molecule has 0 spiro atoms. The van der Waals surface area contributed by atoms with Gasteiger partial charge in [-0.25, -0.2) is 19.2 Å². The van der Waals surface area contributed by atoms with E-state index in [0.717, 1.165) is 11.3 Å². The molecule has 20 heavy (non-hydrogen) atoms. The minimum absolute atomic E-state index is 0.203. The second kappa shape index (κ2) is 5.24. The molecule has 1 aliphatic rings. The lowest BCUT2D eigenvalue weighted by Crippen LogP contribution is -2.39. The molecule has 0 saturated carbocycles. The number of nitrogens with one attached hydrogen (secondary N) is 1. The van der Waals surface area contributed by atoms with Crippen molar-refractivity contribution in [3.63, 3.8) is 0 Å². The van der Waals surface area contributed by atoms with E-state index in [2.05, 4.69) is 15.3 Å². The van der Waals surface area contributed by atoms with Crippen molar-refractivity contribution in [2.24, 2.45) is 0 Å². The molecular formula is C14H13FN4O. The lowest BCUT2D eigenvalue weighted by Gasteiger charge is -2.27. The Morgan fingerprint density at radius 3 is 2.90 bits per heavy atom. The van der Waals surface area contributed by atoms with E-state index in [-0.39, 0.29) is 11.8 Å². The number of carbonyl (C=O) groups excluding carboxylic acids is 1. The van der Waals surface area contributed by atoms with E-state index in [9.17, 15) is 9.18 Å². The molecule has 0 fully saturated rings. The molecule has 2 aromatic rings. The predicted octanol–water partition coefficient (Wildman–Crippen LogP) is 2.21. The summed E-state index contributed by atoms with van der Waals surface area (Å²) in [7, 11) is 0. The molecule has 2 amide bonds. The molecule has 1 aromatic carbocycles. The largest absolute Gasteiger partial charge is 0.322 e. The van der Waals surface area contributed by atoms with Gasteiger partial charge in [-0.15, -0.1) is 0 Å². The summed E-state index contributed by atoms with van der Waals surface area (Å²) in [5.74, 6) is -0.327. The smallest absolute Gasteiger partial charge is 0.320 e. The molecule has 5 nitrogen and oxygen atoms in total. The summed E-state index contributed by atoms with van der Waals surface area (Å²) in [4.78, 5) is 22.0. The second-order valence-corrected chi connectivity index (χ2v) is 4.60. The Morgan fingerprint density at radius 2 is 2.10 bits per heavy atom. The fourth-order valence-corrected chi connectivity index (χ4v) is 2.18. The summed E-state index contributed by atoms with van der Waals surface area (Å²) in [5, 5.41) is 2.75. The molecule has 6 heteroatoms. The van der Waals surface area contributed by atoms with Crippen LogP contribution in [0.1, 0.15) is 11.3 Å². The van der Waals surface area contributed by atoms with Crippen LogP contribution in [0, 0.1) is 5.82 Å². The Balaban J connectivity index is 1.68. The number of urea groups is 1. The highest BCUT2D eigenvalue weighted by Gasteiger charge is 2.21. The van der Waals surface area contributed by atoms with Crippen LogP contribution in [-0.4, -0.2) is 27.4 Å². The predicted molar refractivity (Wildman–Crippen MR) is 71.6 cm³/mol. The zero-order valence-electron chi connectivity index (χ0n) is 10.7. The summed E-state index contributed by atoms with van der Waals surface area (Å²) in [5.41, 5.74) is 2.53. The number of fused-ring (bicyclic) bond motifs is 1. The maximum atomic E-state index is 12.8. The first-order chi connectivity index (χ1) is 9.72. The lowest BCUT2D eigenvalue weighted by atomic mass is 10.1. The highest BCUT2D eigenvalue weighted by atomic mass is 19.1. The number of halogens is 1. The SMILES string of the molecule is O=C(Nc1ccc(F)cc1)N1CCc2ncncc2C1. The quantitative estimate of drug-likeness (QED) is 0.865. The van der Waals surface area contributed by atoms with Crippen molar-refractivity contribution >= 4 is 11.7 Å². The standard InChI is InChI=1S/C14H13FN4O/c15-11-1-3-12(4-2-11)18-14(20)19-6-5-13-10(8-19)7-16-9-17-13/h1-4,7,9H,5-6,8H2,(H,18,20). The Bertz CT molecular complexity index is 629. The van der Waals surface area contributed by atoms with E-state index in [1.807, 2.05) is 0 Å². The number of anilines is 1. The summed E-state index contributed by atoms with van der Waals surface area (Å²) < 4.78 is 12.8. The van der Waals surface area contributed by atoms with Gasteiger partial charge in [-0.05, 0) is 24.3 Å². The molecule has 102 valence electrons. The van der Waals surface area contributed by atoms with Gasteiger partial charge in [0.05, 0.1) is 12.2 Å². The average molecular weight is 272 g/mol. The monoisotopic (exact) mass is 272 g/mol. The second-order valence-electron chi connectivity index (χ2n) is 4.60. The molecule has 0 bridgehead atoms. The van der Waals surface area contributed by atoms with E-state index < -0.39 is 0 Å². The number of nitrogens with zero attached hydrogens (tertiary/aromatic N) is 3. The van der Waals surface area contributed by atoms with Crippen LogP contribution in [-0.2, 0) is 13.0 Å². The number of amides is 2. The highest BCUT2D eigenvalue weighted by Crippen LogP contribution is 2.17. The van der Waals surface area contributed by atoms with Crippen molar-refractivity contribution in [1.29, 1.82) is 0 Å². The molecule has 0 radical (unpaired) electrons. The summed E-state index contributed by atoms with van der Waals surface area (Å²) in [6.07, 6.45) is 3.97. The van der Waals surface area contributed by atoms with Crippen molar-refractivity contribution in [1.82, 2.24) is 14.9 Å². The van der Waals surface area contributed by atoms with E-state index in [4.69, 9.17) is 0 Å². The van der Waals surface area contributed by atoms with Gasteiger partial charge in [0.2, 0.25) is 0 Å².